The van der Waals surface area contributed by atoms with Gasteiger partial charge in [-0.25, -0.2) is 0 Å². The van der Waals surface area contributed by atoms with Crippen LogP contribution < -0.4 is 9.47 Å². The lowest BCUT2D eigenvalue weighted by Crippen LogP contribution is -2.10. The van der Waals surface area contributed by atoms with Crippen molar-refractivity contribution in [2.24, 2.45) is 0 Å². The number of hydrogen-bond donors (Lipinski definition) is 0. The van der Waals surface area contributed by atoms with E-state index >= 15 is 0 Å². The molecule has 0 bridgehead atoms. The Bertz CT molecular complexity index is 1030. The van der Waals surface area contributed by atoms with Crippen LogP contribution in [0.3, 0.4) is 0 Å². The fraction of sp³-hybridized carbons (Fsp3) is 0.500. The lowest BCUT2D eigenvalue weighted by Gasteiger charge is -2.27. The van der Waals surface area contributed by atoms with Gasteiger partial charge in [0.1, 0.15) is 36.9 Å². The standard InChI is InChI=1S/C28H34O4/c1-17-10-27(31-15-23-13-29-23)19(3)8-25(17)21-6-5-7-22(12-21)26-9-20(4)28(11-18(26)2)32-16-24-14-30-24/h6,8-11,22-24H,5,7,12-16H2,1-4H3. The van der Waals surface area contributed by atoms with Crippen molar-refractivity contribution < 1.29 is 18.9 Å². The van der Waals surface area contributed by atoms with Gasteiger partial charge in [0.25, 0.3) is 0 Å². The maximum atomic E-state index is 6.00. The van der Waals surface area contributed by atoms with Crippen LogP contribution in [-0.4, -0.2) is 38.6 Å². The molecule has 2 aromatic carbocycles. The molecule has 0 amide bonds. The Balaban J connectivity index is 1.32. The molecule has 3 atom stereocenters. The predicted molar refractivity (Wildman–Crippen MR) is 127 cm³/mol. The first-order valence-corrected chi connectivity index (χ1v) is 11.9. The Morgan fingerprint density at radius 3 is 2.00 bits per heavy atom. The summed E-state index contributed by atoms with van der Waals surface area (Å²) in [6.07, 6.45) is 6.39. The minimum absolute atomic E-state index is 0.279. The lowest BCUT2D eigenvalue weighted by atomic mass is 9.78. The van der Waals surface area contributed by atoms with Crippen LogP contribution in [0.15, 0.2) is 30.3 Å². The monoisotopic (exact) mass is 434 g/mol. The van der Waals surface area contributed by atoms with Crippen LogP contribution >= 0.6 is 0 Å². The first-order valence-electron chi connectivity index (χ1n) is 11.9. The molecule has 2 heterocycles. The van der Waals surface area contributed by atoms with Crippen molar-refractivity contribution in [2.75, 3.05) is 26.4 Å². The highest BCUT2D eigenvalue weighted by molar-refractivity contribution is 5.71. The highest BCUT2D eigenvalue weighted by Crippen LogP contribution is 2.41. The molecule has 4 nitrogen and oxygen atoms in total. The van der Waals surface area contributed by atoms with E-state index in [-0.39, 0.29) is 12.2 Å². The third kappa shape index (κ3) is 4.87. The number of allylic oxidation sites excluding steroid dienone is 2. The summed E-state index contributed by atoms with van der Waals surface area (Å²) in [6.45, 7) is 11.7. The average molecular weight is 435 g/mol. The molecule has 0 spiro atoms. The molecule has 0 N–H and O–H groups in total. The second kappa shape index (κ2) is 8.92. The molecule has 1 aliphatic carbocycles. The first-order chi connectivity index (χ1) is 15.5. The number of hydrogen-bond acceptors (Lipinski definition) is 4. The van der Waals surface area contributed by atoms with Crippen LogP contribution in [0.25, 0.3) is 5.57 Å². The lowest BCUT2D eigenvalue weighted by molar-refractivity contribution is 0.261. The fourth-order valence-electron chi connectivity index (χ4n) is 4.79. The van der Waals surface area contributed by atoms with Crippen LogP contribution in [0.1, 0.15) is 58.6 Å². The fourth-order valence-corrected chi connectivity index (χ4v) is 4.79. The molecule has 2 fully saturated rings. The van der Waals surface area contributed by atoms with Gasteiger partial charge in [-0.15, -0.1) is 0 Å². The van der Waals surface area contributed by atoms with Gasteiger partial charge in [-0.2, -0.15) is 0 Å². The van der Waals surface area contributed by atoms with E-state index < -0.39 is 0 Å². The summed E-state index contributed by atoms with van der Waals surface area (Å²) >= 11 is 0. The maximum Gasteiger partial charge on any atom is 0.122 e. The van der Waals surface area contributed by atoms with E-state index in [0.29, 0.717) is 19.1 Å². The zero-order chi connectivity index (χ0) is 22.2. The highest BCUT2D eigenvalue weighted by Gasteiger charge is 2.26. The van der Waals surface area contributed by atoms with E-state index in [1.165, 1.54) is 45.4 Å². The summed E-state index contributed by atoms with van der Waals surface area (Å²) in [5.41, 5.74) is 9.31. The normalized spacial score (nSPS) is 24.1. The first kappa shape index (κ1) is 21.5. The third-order valence-corrected chi connectivity index (χ3v) is 6.90. The van der Waals surface area contributed by atoms with Gasteiger partial charge in [-0.3, -0.25) is 0 Å². The molecule has 2 aromatic rings. The Morgan fingerprint density at radius 2 is 1.38 bits per heavy atom. The van der Waals surface area contributed by atoms with Crippen molar-refractivity contribution in [2.45, 2.75) is 65.1 Å². The SMILES string of the molecule is Cc1cc(C2=CCCC(c3cc(C)c(OCC4CO4)cc3C)C2)c(C)cc1OCC1CO1. The van der Waals surface area contributed by atoms with Gasteiger partial charge >= 0.3 is 0 Å². The maximum absolute atomic E-state index is 6.00. The molecule has 32 heavy (non-hydrogen) atoms. The van der Waals surface area contributed by atoms with Gasteiger partial charge in [0.15, 0.2) is 0 Å². The molecule has 0 saturated carbocycles. The van der Waals surface area contributed by atoms with E-state index in [2.05, 4.69) is 58.0 Å². The molecular weight excluding hydrogens is 400 g/mol. The second-order valence-corrected chi connectivity index (χ2v) is 9.65. The van der Waals surface area contributed by atoms with Crippen molar-refractivity contribution in [3.63, 3.8) is 0 Å². The topological polar surface area (TPSA) is 43.5 Å². The number of epoxide rings is 2. The number of ether oxygens (including phenoxy) is 4. The van der Waals surface area contributed by atoms with Gasteiger partial charge in [-0.05, 0) is 110 Å². The van der Waals surface area contributed by atoms with Crippen molar-refractivity contribution in [1.29, 1.82) is 0 Å². The summed E-state index contributed by atoms with van der Waals surface area (Å²) in [4.78, 5) is 0. The van der Waals surface area contributed by atoms with Crippen LogP contribution in [0.2, 0.25) is 0 Å². The molecule has 5 rings (SSSR count). The highest BCUT2D eigenvalue weighted by atomic mass is 16.6. The van der Waals surface area contributed by atoms with Gasteiger partial charge in [0.05, 0.1) is 13.2 Å². The Kier molecular flexibility index (Phi) is 6.00. The summed E-state index contributed by atoms with van der Waals surface area (Å²) < 4.78 is 22.5. The summed E-state index contributed by atoms with van der Waals surface area (Å²) in [5.74, 6) is 2.51. The van der Waals surface area contributed by atoms with Gasteiger partial charge in [-0.1, -0.05) is 12.1 Å². The molecule has 3 aliphatic rings. The zero-order valence-electron chi connectivity index (χ0n) is 19.7. The van der Waals surface area contributed by atoms with E-state index in [4.69, 9.17) is 18.9 Å². The Morgan fingerprint density at radius 1 is 0.781 bits per heavy atom. The molecular formula is C28H34O4. The second-order valence-electron chi connectivity index (χ2n) is 9.65. The van der Waals surface area contributed by atoms with Gasteiger partial charge in [0.2, 0.25) is 0 Å². The summed E-state index contributed by atoms with van der Waals surface area (Å²) in [6, 6.07) is 9.07. The van der Waals surface area contributed by atoms with Crippen molar-refractivity contribution in [3.05, 3.63) is 63.7 Å². The van der Waals surface area contributed by atoms with E-state index in [1.54, 1.807) is 0 Å². The average Bonchev–Trinajstić information content (AvgIpc) is 3.69. The largest absolute Gasteiger partial charge is 0.491 e. The molecule has 4 heteroatoms. The summed E-state index contributed by atoms with van der Waals surface area (Å²) in [7, 11) is 0. The molecule has 3 unspecified atom stereocenters. The van der Waals surface area contributed by atoms with Gasteiger partial charge in [0, 0.05) is 0 Å². The molecule has 2 saturated heterocycles. The zero-order valence-corrected chi connectivity index (χ0v) is 19.7. The summed E-state index contributed by atoms with van der Waals surface area (Å²) in [5, 5.41) is 0. The van der Waals surface area contributed by atoms with Crippen molar-refractivity contribution >= 4 is 5.57 Å². The van der Waals surface area contributed by atoms with Crippen LogP contribution in [0.4, 0.5) is 0 Å². The number of aryl methyl sites for hydroxylation is 4. The van der Waals surface area contributed by atoms with Crippen LogP contribution in [-0.2, 0) is 9.47 Å². The molecule has 2 aliphatic heterocycles. The smallest absolute Gasteiger partial charge is 0.122 e. The van der Waals surface area contributed by atoms with Crippen molar-refractivity contribution in [3.8, 4) is 11.5 Å². The molecule has 170 valence electrons. The predicted octanol–water partition coefficient (Wildman–Crippen LogP) is 5.83. The van der Waals surface area contributed by atoms with Gasteiger partial charge < -0.3 is 18.9 Å². The minimum atomic E-state index is 0.279. The Hall–Kier alpha value is -2.30. The minimum Gasteiger partial charge on any atom is -0.491 e. The molecule has 0 aromatic heterocycles. The van der Waals surface area contributed by atoms with E-state index in [1.807, 2.05) is 0 Å². The quantitative estimate of drug-likeness (QED) is 0.491. The Labute approximate surface area is 191 Å². The van der Waals surface area contributed by atoms with Crippen LogP contribution in [0, 0.1) is 27.7 Å². The van der Waals surface area contributed by atoms with E-state index in [9.17, 15) is 0 Å². The number of benzene rings is 2. The van der Waals surface area contributed by atoms with Crippen molar-refractivity contribution in [1.82, 2.24) is 0 Å². The number of rotatable bonds is 8. The van der Waals surface area contributed by atoms with E-state index in [0.717, 1.165) is 37.6 Å². The third-order valence-electron chi connectivity index (χ3n) is 6.90. The molecule has 0 radical (unpaired) electrons. The van der Waals surface area contributed by atoms with Crippen LogP contribution in [0.5, 0.6) is 11.5 Å².